The predicted molar refractivity (Wildman–Crippen MR) is 94.9 cm³/mol. The summed E-state index contributed by atoms with van der Waals surface area (Å²) >= 11 is 3.46. The van der Waals surface area contributed by atoms with Crippen LogP contribution in [-0.2, 0) is 16.0 Å². The van der Waals surface area contributed by atoms with Crippen molar-refractivity contribution in [3.63, 3.8) is 0 Å². The first-order valence-corrected chi connectivity index (χ1v) is 9.30. The number of hydrogen-bond acceptors (Lipinski definition) is 3. The van der Waals surface area contributed by atoms with Crippen LogP contribution in [0.15, 0.2) is 22.7 Å². The molecule has 2 amide bonds. The summed E-state index contributed by atoms with van der Waals surface area (Å²) in [5, 5.41) is 3.02. The van der Waals surface area contributed by atoms with Crippen molar-refractivity contribution in [2.45, 2.75) is 50.6 Å². The summed E-state index contributed by atoms with van der Waals surface area (Å²) in [5.74, 6) is 0.868. The average molecular weight is 395 g/mol. The van der Waals surface area contributed by atoms with E-state index in [0.29, 0.717) is 25.4 Å². The second-order valence-electron chi connectivity index (χ2n) is 6.50. The van der Waals surface area contributed by atoms with Crippen molar-refractivity contribution in [3.05, 3.63) is 28.2 Å². The van der Waals surface area contributed by atoms with Crippen LogP contribution in [0.1, 0.15) is 37.7 Å². The summed E-state index contributed by atoms with van der Waals surface area (Å²) in [6, 6.07) is 5.91. The maximum absolute atomic E-state index is 12.6. The molecule has 0 bridgehead atoms. The number of amides is 2. The SMILES string of the molecule is COc1ccc(CCC(=O)N2CCCC2C(=O)NC2CC2)cc1Br. The van der Waals surface area contributed by atoms with E-state index in [1.807, 2.05) is 18.2 Å². The van der Waals surface area contributed by atoms with Crippen molar-refractivity contribution >= 4 is 27.7 Å². The first-order valence-electron chi connectivity index (χ1n) is 8.50. The van der Waals surface area contributed by atoms with E-state index in [0.717, 1.165) is 41.5 Å². The lowest BCUT2D eigenvalue weighted by Gasteiger charge is -2.24. The molecule has 130 valence electrons. The molecule has 2 aliphatic rings. The Morgan fingerprint density at radius 3 is 2.79 bits per heavy atom. The first-order chi connectivity index (χ1) is 11.6. The number of ether oxygens (including phenoxy) is 1. The third kappa shape index (κ3) is 4.09. The van der Waals surface area contributed by atoms with Crippen LogP contribution in [0.2, 0.25) is 0 Å². The molecule has 1 heterocycles. The third-order valence-electron chi connectivity index (χ3n) is 4.64. The number of nitrogens with zero attached hydrogens (tertiary/aromatic N) is 1. The van der Waals surface area contributed by atoms with Gasteiger partial charge in [-0.2, -0.15) is 0 Å². The second-order valence-corrected chi connectivity index (χ2v) is 7.35. The molecular formula is C18H23BrN2O3. The first kappa shape index (κ1) is 17.3. The summed E-state index contributed by atoms with van der Waals surface area (Å²) in [7, 11) is 1.63. The minimum absolute atomic E-state index is 0.0236. The predicted octanol–water partition coefficient (Wildman–Crippen LogP) is 2.66. The van der Waals surface area contributed by atoms with Gasteiger partial charge < -0.3 is 15.0 Å². The fourth-order valence-corrected chi connectivity index (χ4v) is 3.71. The Kier molecular flexibility index (Phi) is 5.43. The van der Waals surface area contributed by atoms with Crippen LogP contribution in [0.5, 0.6) is 5.75 Å². The van der Waals surface area contributed by atoms with Crippen molar-refractivity contribution in [2.24, 2.45) is 0 Å². The number of hydrogen-bond donors (Lipinski definition) is 1. The van der Waals surface area contributed by atoms with Gasteiger partial charge in [-0.1, -0.05) is 6.07 Å². The van der Waals surface area contributed by atoms with E-state index in [4.69, 9.17) is 4.74 Å². The van der Waals surface area contributed by atoms with Crippen molar-refractivity contribution < 1.29 is 14.3 Å². The molecule has 1 aliphatic carbocycles. The van der Waals surface area contributed by atoms with Gasteiger partial charge in [-0.3, -0.25) is 9.59 Å². The highest BCUT2D eigenvalue weighted by atomic mass is 79.9. The summed E-state index contributed by atoms with van der Waals surface area (Å²) in [6.45, 7) is 0.688. The van der Waals surface area contributed by atoms with Crippen LogP contribution in [0.3, 0.4) is 0 Å². The number of nitrogens with one attached hydrogen (secondary N) is 1. The number of halogens is 1. The lowest BCUT2D eigenvalue weighted by Crippen LogP contribution is -2.46. The Hall–Kier alpha value is -1.56. The van der Waals surface area contributed by atoms with Gasteiger partial charge in [0.1, 0.15) is 11.8 Å². The molecule has 2 fully saturated rings. The topological polar surface area (TPSA) is 58.6 Å². The Morgan fingerprint density at radius 2 is 2.12 bits per heavy atom. The summed E-state index contributed by atoms with van der Waals surface area (Å²) in [4.78, 5) is 26.6. The largest absolute Gasteiger partial charge is 0.496 e. The molecule has 1 aliphatic heterocycles. The lowest BCUT2D eigenvalue weighted by molar-refractivity contribution is -0.138. The number of carbonyl (C=O) groups excluding carboxylic acids is 2. The van der Waals surface area contributed by atoms with E-state index >= 15 is 0 Å². The molecule has 6 heteroatoms. The van der Waals surface area contributed by atoms with E-state index in [1.165, 1.54) is 0 Å². The zero-order valence-electron chi connectivity index (χ0n) is 13.9. The number of aryl methyl sites for hydroxylation is 1. The van der Waals surface area contributed by atoms with Gasteiger partial charge in [-0.15, -0.1) is 0 Å². The molecule has 5 nitrogen and oxygen atoms in total. The van der Waals surface area contributed by atoms with Gasteiger partial charge in [0.05, 0.1) is 11.6 Å². The van der Waals surface area contributed by atoms with Gasteiger partial charge in [0.25, 0.3) is 0 Å². The fourth-order valence-electron chi connectivity index (χ4n) is 3.12. The second kappa shape index (κ2) is 7.55. The maximum atomic E-state index is 12.6. The smallest absolute Gasteiger partial charge is 0.243 e. The quantitative estimate of drug-likeness (QED) is 0.806. The number of methoxy groups -OCH3 is 1. The van der Waals surface area contributed by atoms with E-state index in [9.17, 15) is 9.59 Å². The minimum Gasteiger partial charge on any atom is -0.496 e. The molecule has 1 aromatic carbocycles. The Bertz CT molecular complexity index is 631. The molecule has 3 rings (SSSR count). The molecular weight excluding hydrogens is 372 g/mol. The van der Waals surface area contributed by atoms with Crippen molar-refractivity contribution in [2.75, 3.05) is 13.7 Å². The Morgan fingerprint density at radius 1 is 1.33 bits per heavy atom. The average Bonchev–Trinajstić information content (AvgIpc) is 3.24. The van der Waals surface area contributed by atoms with Crippen LogP contribution in [-0.4, -0.2) is 42.5 Å². The number of likely N-dealkylation sites (tertiary alicyclic amines) is 1. The molecule has 1 N–H and O–H groups in total. The highest BCUT2D eigenvalue weighted by Gasteiger charge is 2.36. The van der Waals surface area contributed by atoms with Crippen LogP contribution in [0, 0.1) is 0 Å². The molecule has 0 radical (unpaired) electrons. The molecule has 1 aromatic rings. The summed E-state index contributed by atoms with van der Waals surface area (Å²) in [5.41, 5.74) is 1.08. The molecule has 0 spiro atoms. The number of rotatable bonds is 6. The van der Waals surface area contributed by atoms with Gasteiger partial charge >= 0.3 is 0 Å². The van der Waals surface area contributed by atoms with Crippen molar-refractivity contribution in [1.29, 1.82) is 0 Å². The summed E-state index contributed by atoms with van der Waals surface area (Å²) in [6.07, 6.45) is 4.90. The molecule has 24 heavy (non-hydrogen) atoms. The molecule has 1 saturated carbocycles. The monoisotopic (exact) mass is 394 g/mol. The maximum Gasteiger partial charge on any atom is 0.243 e. The van der Waals surface area contributed by atoms with Crippen LogP contribution in [0.25, 0.3) is 0 Å². The Balaban J connectivity index is 1.55. The number of benzene rings is 1. The van der Waals surface area contributed by atoms with E-state index in [1.54, 1.807) is 12.0 Å². The third-order valence-corrected chi connectivity index (χ3v) is 5.26. The summed E-state index contributed by atoms with van der Waals surface area (Å²) < 4.78 is 6.10. The van der Waals surface area contributed by atoms with E-state index in [2.05, 4.69) is 21.2 Å². The Labute approximate surface area is 150 Å². The standard InChI is InChI=1S/C18H23BrN2O3/c1-24-16-8-4-12(11-14(16)19)5-9-17(22)21-10-2-3-15(21)18(23)20-13-6-7-13/h4,8,11,13,15H,2-3,5-7,9-10H2,1H3,(H,20,23). The van der Waals surface area contributed by atoms with Gasteiger partial charge in [0.2, 0.25) is 11.8 Å². The van der Waals surface area contributed by atoms with E-state index in [-0.39, 0.29) is 17.9 Å². The molecule has 1 saturated heterocycles. The highest BCUT2D eigenvalue weighted by molar-refractivity contribution is 9.10. The minimum atomic E-state index is -0.277. The molecule has 0 aromatic heterocycles. The van der Waals surface area contributed by atoms with Crippen LogP contribution in [0.4, 0.5) is 0 Å². The normalized spacial score (nSPS) is 20.1. The van der Waals surface area contributed by atoms with Crippen molar-refractivity contribution in [3.8, 4) is 5.75 Å². The van der Waals surface area contributed by atoms with Gasteiger partial charge in [0, 0.05) is 19.0 Å². The highest BCUT2D eigenvalue weighted by Crippen LogP contribution is 2.27. The van der Waals surface area contributed by atoms with Gasteiger partial charge in [0.15, 0.2) is 0 Å². The van der Waals surface area contributed by atoms with Crippen molar-refractivity contribution in [1.82, 2.24) is 10.2 Å². The lowest BCUT2D eigenvalue weighted by atomic mass is 10.1. The van der Waals surface area contributed by atoms with Crippen LogP contribution >= 0.6 is 15.9 Å². The fraction of sp³-hybridized carbons (Fsp3) is 0.556. The van der Waals surface area contributed by atoms with E-state index < -0.39 is 0 Å². The zero-order chi connectivity index (χ0) is 17.1. The number of carbonyl (C=O) groups is 2. The molecule has 1 unspecified atom stereocenters. The zero-order valence-corrected chi connectivity index (χ0v) is 15.5. The van der Waals surface area contributed by atoms with Crippen LogP contribution < -0.4 is 10.1 Å². The van der Waals surface area contributed by atoms with Gasteiger partial charge in [-0.25, -0.2) is 0 Å². The van der Waals surface area contributed by atoms with Gasteiger partial charge in [-0.05, 0) is 65.7 Å². The molecule has 1 atom stereocenters.